The van der Waals surface area contributed by atoms with Crippen molar-refractivity contribution in [3.8, 4) is 0 Å². The van der Waals surface area contributed by atoms with Crippen LogP contribution in [0.15, 0.2) is 0 Å². The molecule has 0 bridgehead atoms. The third-order valence-corrected chi connectivity index (χ3v) is 3.49. The second kappa shape index (κ2) is 21.7. The fourth-order valence-electron chi connectivity index (χ4n) is 2.29. The number of carbonyl (C=O) groups is 1. The molecule has 0 aromatic rings. The monoisotopic (exact) mass is 301 g/mol. The molecule has 0 rings (SSSR count). The van der Waals surface area contributed by atoms with Crippen LogP contribution < -0.4 is 5.73 Å². The lowest BCUT2D eigenvalue weighted by atomic mass is 10.0. The summed E-state index contributed by atoms with van der Waals surface area (Å²) in [5, 5.41) is 8.49. The van der Waals surface area contributed by atoms with E-state index in [1.807, 2.05) is 6.92 Å². The molecule has 0 saturated carbocycles. The lowest BCUT2D eigenvalue weighted by molar-refractivity contribution is -0.137. The number of unbranched alkanes of at least 4 members (excludes halogenated alkanes) is 12. The van der Waals surface area contributed by atoms with Gasteiger partial charge in [-0.15, -0.1) is 0 Å². The Bertz CT molecular complexity index is 196. The second-order valence-corrected chi connectivity index (χ2v) is 5.79. The van der Waals surface area contributed by atoms with Crippen molar-refractivity contribution in [3.63, 3.8) is 0 Å². The van der Waals surface area contributed by atoms with Crippen LogP contribution >= 0.6 is 0 Å². The summed E-state index contributed by atoms with van der Waals surface area (Å²) < 4.78 is 0. The molecule has 0 aromatic heterocycles. The molecule has 0 aliphatic carbocycles. The average molecular weight is 302 g/mol. The van der Waals surface area contributed by atoms with E-state index in [9.17, 15) is 4.79 Å². The van der Waals surface area contributed by atoms with Gasteiger partial charge in [0.05, 0.1) is 0 Å². The molecule has 0 aliphatic heterocycles. The summed E-state index contributed by atoms with van der Waals surface area (Å²) in [5.41, 5.74) is 4.85. The molecule has 0 spiro atoms. The Hall–Kier alpha value is -0.570. The first-order valence-electron chi connectivity index (χ1n) is 9.10. The number of carboxylic acid groups (broad SMARTS) is 1. The third-order valence-electron chi connectivity index (χ3n) is 3.49. The first-order valence-corrected chi connectivity index (χ1v) is 9.10. The normalized spacial score (nSPS) is 10.0. The topological polar surface area (TPSA) is 63.3 Å². The van der Waals surface area contributed by atoms with Gasteiger partial charge in [0.15, 0.2) is 0 Å². The van der Waals surface area contributed by atoms with E-state index in [1.165, 1.54) is 70.6 Å². The molecule has 3 N–H and O–H groups in total. The van der Waals surface area contributed by atoms with E-state index < -0.39 is 5.97 Å². The number of hydrogen-bond acceptors (Lipinski definition) is 2. The Kier molecular flexibility index (Phi) is 23.5. The first-order chi connectivity index (χ1) is 10.2. The van der Waals surface area contributed by atoms with Crippen molar-refractivity contribution in [2.75, 3.05) is 6.54 Å². The van der Waals surface area contributed by atoms with Gasteiger partial charge in [0.2, 0.25) is 0 Å². The van der Waals surface area contributed by atoms with E-state index in [-0.39, 0.29) is 0 Å². The van der Waals surface area contributed by atoms with Gasteiger partial charge in [-0.3, -0.25) is 4.79 Å². The number of hydrogen-bond donors (Lipinski definition) is 2. The molecule has 21 heavy (non-hydrogen) atoms. The molecule has 3 heteroatoms. The standard InChI is InChI=1S/C16H32O2.C2H7N/c1-2-3-4-5-6-7-8-9-10-11-12-13-14-15-16(17)18;1-2-3/h2-15H2,1H3,(H,17,18);2-3H2,1H3. The van der Waals surface area contributed by atoms with Crippen LogP contribution in [0.5, 0.6) is 0 Å². The van der Waals surface area contributed by atoms with Gasteiger partial charge in [0, 0.05) is 6.42 Å². The predicted molar refractivity (Wildman–Crippen MR) is 92.7 cm³/mol. The van der Waals surface area contributed by atoms with Crippen molar-refractivity contribution in [2.24, 2.45) is 5.73 Å². The van der Waals surface area contributed by atoms with Crippen molar-refractivity contribution >= 4 is 5.97 Å². The Labute approximate surface area is 132 Å². The smallest absolute Gasteiger partial charge is 0.303 e. The summed E-state index contributed by atoms with van der Waals surface area (Å²) in [6.07, 6.45) is 17.3. The summed E-state index contributed by atoms with van der Waals surface area (Å²) >= 11 is 0. The summed E-state index contributed by atoms with van der Waals surface area (Å²) in [4.78, 5) is 10.3. The molecule has 0 radical (unpaired) electrons. The van der Waals surface area contributed by atoms with Crippen LogP contribution in [0.25, 0.3) is 0 Å². The molecule has 0 aliphatic rings. The van der Waals surface area contributed by atoms with Gasteiger partial charge in [-0.1, -0.05) is 90.9 Å². The molecule has 0 amide bonds. The lowest BCUT2D eigenvalue weighted by Gasteiger charge is -2.02. The van der Waals surface area contributed by atoms with Gasteiger partial charge >= 0.3 is 5.97 Å². The molecule has 0 fully saturated rings. The zero-order chi connectivity index (χ0) is 16.2. The maximum atomic E-state index is 10.3. The summed E-state index contributed by atoms with van der Waals surface area (Å²) in [6, 6.07) is 0. The summed E-state index contributed by atoms with van der Waals surface area (Å²) in [7, 11) is 0. The molecule has 128 valence electrons. The van der Waals surface area contributed by atoms with Crippen LogP contribution in [-0.2, 0) is 4.79 Å². The van der Waals surface area contributed by atoms with E-state index >= 15 is 0 Å². The van der Waals surface area contributed by atoms with E-state index in [4.69, 9.17) is 10.8 Å². The molecule has 0 atom stereocenters. The van der Waals surface area contributed by atoms with Crippen molar-refractivity contribution in [3.05, 3.63) is 0 Å². The minimum Gasteiger partial charge on any atom is -0.481 e. The minimum absolute atomic E-state index is 0.345. The zero-order valence-corrected chi connectivity index (χ0v) is 14.5. The Balaban J connectivity index is 0. The maximum Gasteiger partial charge on any atom is 0.303 e. The first kappa shape index (κ1) is 22.7. The Morgan fingerprint density at radius 2 is 1.00 bits per heavy atom. The molecule has 0 heterocycles. The van der Waals surface area contributed by atoms with E-state index in [2.05, 4.69) is 6.92 Å². The van der Waals surface area contributed by atoms with Gasteiger partial charge in [0.1, 0.15) is 0 Å². The minimum atomic E-state index is -0.655. The van der Waals surface area contributed by atoms with Crippen LogP contribution in [0, 0.1) is 0 Å². The number of carboxylic acids is 1. The average Bonchev–Trinajstić information content (AvgIpc) is 2.44. The molecule has 0 aromatic carbocycles. The Morgan fingerprint density at radius 3 is 1.29 bits per heavy atom. The SMILES string of the molecule is CCCCCCCCCCCCCCCC(=O)O.CCN. The van der Waals surface area contributed by atoms with Gasteiger partial charge in [-0.25, -0.2) is 0 Å². The number of aliphatic carboxylic acids is 1. The number of rotatable bonds is 14. The van der Waals surface area contributed by atoms with Crippen LogP contribution in [0.1, 0.15) is 104 Å². The summed E-state index contributed by atoms with van der Waals surface area (Å²) in [5.74, 6) is -0.655. The maximum absolute atomic E-state index is 10.3. The highest BCUT2D eigenvalue weighted by Gasteiger charge is 1.96. The van der Waals surface area contributed by atoms with Gasteiger partial charge < -0.3 is 10.8 Å². The zero-order valence-electron chi connectivity index (χ0n) is 14.5. The van der Waals surface area contributed by atoms with Crippen molar-refractivity contribution < 1.29 is 9.90 Å². The van der Waals surface area contributed by atoms with Gasteiger partial charge in [-0.05, 0) is 13.0 Å². The summed E-state index contributed by atoms with van der Waals surface area (Å²) in [6.45, 7) is 4.91. The van der Waals surface area contributed by atoms with Gasteiger partial charge in [-0.2, -0.15) is 0 Å². The highest BCUT2D eigenvalue weighted by molar-refractivity contribution is 5.66. The van der Waals surface area contributed by atoms with Crippen LogP contribution in [0.2, 0.25) is 0 Å². The highest BCUT2D eigenvalue weighted by atomic mass is 16.4. The molecule has 0 saturated heterocycles. The van der Waals surface area contributed by atoms with Crippen LogP contribution in [-0.4, -0.2) is 17.6 Å². The molecular weight excluding hydrogens is 262 g/mol. The molecule has 3 nitrogen and oxygen atoms in total. The number of nitrogens with two attached hydrogens (primary N) is 1. The fourth-order valence-corrected chi connectivity index (χ4v) is 2.29. The van der Waals surface area contributed by atoms with Crippen LogP contribution in [0.3, 0.4) is 0 Å². The fraction of sp³-hybridized carbons (Fsp3) is 0.944. The van der Waals surface area contributed by atoms with Gasteiger partial charge in [0.25, 0.3) is 0 Å². The largest absolute Gasteiger partial charge is 0.481 e. The van der Waals surface area contributed by atoms with Crippen molar-refractivity contribution in [1.82, 2.24) is 0 Å². The second-order valence-electron chi connectivity index (χ2n) is 5.79. The van der Waals surface area contributed by atoms with E-state index in [0.717, 1.165) is 19.4 Å². The molecule has 0 unspecified atom stereocenters. The van der Waals surface area contributed by atoms with E-state index in [1.54, 1.807) is 0 Å². The third kappa shape index (κ3) is 28.3. The highest BCUT2D eigenvalue weighted by Crippen LogP contribution is 2.12. The molecular formula is C18H39NO2. The quantitative estimate of drug-likeness (QED) is 0.415. The van der Waals surface area contributed by atoms with Crippen molar-refractivity contribution in [1.29, 1.82) is 0 Å². The van der Waals surface area contributed by atoms with Crippen LogP contribution in [0.4, 0.5) is 0 Å². The van der Waals surface area contributed by atoms with Crippen molar-refractivity contribution in [2.45, 2.75) is 104 Å². The lowest BCUT2D eigenvalue weighted by Crippen LogP contribution is -1.93. The van der Waals surface area contributed by atoms with E-state index in [0.29, 0.717) is 6.42 Å². The Morgan fingerprint density at radius 1 is 0.714 bits per heavy atom. The predicted octanol–water partition coefficient (Wildman–Crippen LogP) is 5.52.